The summed E-state index contributed by atoms with van der Waals surface area (Å²) in [5.41, 5.74) is 1.22. The van der Waals surface area contributed by atoms with Gasteiger partial charge in [0.2, 0.25) is 0 Å². The predicted molar refractivity (Wildman–Crippen MR) is 61.5 cm³/mol. The molecule has 1 aromatic heterocycles. The first-order chi connectivity index (χ1) is 7.20. The van der Waals surface area contributed by atoms with Crippen LogP contribution in [0.2, 0.25) is 0 Å². The summed E-state index contributed by atoms with van der Waals surface area (Å²) in [5, 5.41) is 9.36. The zero-order valence-corrected chi connectivity index (χ0v) is 9.72. The second kappa shape index (κ2) is 5.83. The van der Waals surface area contributed by atoms with E-state index in [1.165, 1.54) is 5.56 Å². The Morgan fingerprint density at radius 2 is 1.93 bits per heavy atom. The number of aliphatic hydroxyl groups is 1. The molecule has 2 atom stereocenters. The van der Waals surface area contributed by atoms with Crippen LogP contribution in [0.25, 0.3) is 0 Å². The second-order valence-electron chi connectivity index (χ2n) is 4.04. The first kappa shape index (κ1) is 12.1. The van der Waals surface area contributed by atoms with E-state index in [2.05, 4.69) is 16.8 Å². The van der Waals surface area contributed by atoms with Gasteiger partial charge in [0.05, 0.1) is 0 Å². The molecular weight excluding hydrogens is 188 g/mol. The molecule has 15 heavy (non-hydrogen) atoms. The van der Waals surface area contributed by atoms with Gasteiger partial charge in [0.25, 0.3) is 0 Å². The van der Waals surface area contributed by atoms with Gasteiger partial charge in [-0.25, -0.2) is 0 Å². The van der Waals surface area contributed by atoms with Crippen LogP contribution in [-0.4, -0.2) is 35.7 Å². The molecule has 0 radical (unpaired) electrons. The number of nitrogens with zero attached hydrogens (tertiary/aromatic N) is 2. The van der Waals surface area contributed by atoms with E-state index in [4.69, 9.17) is 0 Å². The maximum Gasteiger partial charge on any atom is 0.0477 e. The van der Waals surface area contributed by atoms with Crippen molar-refractivity contribution in [2.24, 2.45) is 5.92 Å². The van der Waals surface area contributed by atoms with Crippen LogP contribution < -0.4 is 0 Å². The SMILES string of the molecule is CCC(CO)C(c1ccncc1)N(C)C. The molecule has 0 aromatic carbocycles. The molecular formula is C12H20N2O. The summed E-state index contributed by atoms with van der Waals surface area (Å²) >= 11 is 0. The van der Waals surface area contributed by atoms with Gasteiger partial charge in [0.1, 0.15) is 0 Å². The summed E-state index contributed by atoms with van der Waals surface area (Å²) in [7, 11) is 4.09. The molecule has 2 unspecified atom stereocenters. The minimum Gasteiger partial charge on any atom is -0.396 e. The molecule has 3 heteroatoms. The van der Waals surface area contributed by atoms with Crippen LogP contribution in [0.15, 0.2) is 24.5 Å². The molecule has 0 bridgehead atoms. The van der Waals surface area contributed by atoms with Crippen LogP contribution in [0.5, 0.6) is 0 Å². The molecule has 1 N–H and O–H groups in total. The zero-order chi connectivity index (χ0) is 11.3. The van der Waals surface area contributed by atoms with Gasteiger partial charge in [-0.2, -0.15) is 0 Å². The minimum atomic E-state index is 0.224. The van der Waals surface area contributed by atoms with Crippen LogP contribution in [0, 0.1) is 5.92 Å². The van der Waals surface area contributed by atoms with E-state index < -0.39 is 0 Å². The fourth-order valence-electron chi connectivity index (χ4n) is 2.00. The Morgan fingerprint density at radius 1 is 1.33 bits per heavy atom. The van der Waals surface area contributed by atoms with E-state index in [1.54, 1.807) is 12.4 Å². The highest BCUT2D eigenvalue weighted by molar-refractivity contribution is 5.16. The third-order valence-electron chi connectivity index (χ3n) is 2.81. The van der Waals surface area contributed by atoms with Gasteiger partial charge in [0.15, 0.2) is 0 Å². The molecule has 84 valence electrons. The Hall–Kier alpha value is -0.930. The predicted octanol–water partition coefficient (Wildman–Crippen LogP) is 1.70. The zero-order valence-electron chi connectivity index (χ0n) is 9.72. The summed E-state index contributed by atoms with van der Waals surface area (Å²) in [6, 6.07) is 4.30. The fraction of sp³-hybridized carbons (Fsp3) is 0.583. The molecule has 3 nitrogen and oxygen atoms in total. The molecule has 0 amide bonds. The summed E-state index contributed by atoms with van der Waals surface area (Å²) in [5.74, 6) is 0.280. The highest BCUT2D eigenvalue weighted by atomic mass is 16.3. The van der Waals surface area contributed by atoms with Crippen molar-refractivity contribution in [1.82, 2.24) is 9.88 Å². The number of hydrogen-bond donors (Lipinski definition) is 1. The molecule has 0 fully saturated rings. The number of aromatic nitrogens is 1. The molecule has 1 heterocycles. The number of pyridine rings is 1. The van der Waals surface area contributed by atoms with Gasteiger partial charge in [0, 0.05) is 31.0 Å². The van der Waals surface area contributed by atoms with E-state index in [1.807, 2.05) is 26.2 Å². The van der Waals surface area contributed by atoms with Gasteiger partial charge in [-0.05, 0) is 38.2 Å². The topological polar surface area (TPSA) is 36.4 Å². The quantitative estimate of drug-likeness (QED) is 0.800. The van der Waals surface area contributed by atoms with E-state index in [9.17, 15) is 5.11 Å². The maximum atomic E-state index is 9.36. The minimum absolute atomic E-state index is 0.224. The van der Waals surface area contributed by atoms with Gasteiger partial charge in [-0.1, -0.05) is 6.92 Å². The first-order valence-corrected chi connectivity index (χ1v) is 5.37. The lowest BCUT2D eigenvalue weighted by molar-refractivity contribution is 0.130. The van der Waals surface area contributed by atoms with Crippen molar-refractivity contribution >= 4 is 0 Å². The average Bonchev–Trinajstić information content (AvgIpc) is 2.26. The lowest BCUT2D eigenvalue weighted by Gasteiger charge is -2.31. The highest BCUT2D eigenvalue weighted by Crippen LogP contribution is 2.28. The molecule has 1 rings (SSSR count). The molecule has 0 spiro atoms. The summed E-state index contributed by atoms with van der Waals surface area (Å²) in [4.78, 5) is 6.17. The van der Waals surface area contributed by atoms with Crippen molar-refractivity contribution in [1.29, 1.82) is 0 Å². The monoisotopic (exact) mass is 208 g/mol. The highest BCUT2D eigenvalue weighted by Gasteiger charge is 2.22. The summed E-state index contributed by atoms with van der Waals surface area (Å²) in [6.07, 6.45) is 4.58. The largest absolute Gasteiger partial charge is 0.396 e. The van der Waals surface area contributed by atoms with Crippen LogP contribution >= 0.6 is 0 Å². The Balaban J connectivity index is 2.92. The average molecular weight is 208 g/mol. The lowest BCUT2D eigenvalue weighted by Crippen LogP contribution is -2.29. The number of hydrogen-bond acceptors (Lipinski definition) is 3. The van der Waals surface area contributed by atoms with E-state index >= 15 is 0 Å². The lowest BCUT2D eigenvalue weighted by atomic mass is 9.91. The molecule has 0 aliphatic carbocycles. The Bertz CT molecular complexity index is 270. The van der Waals surface area contributed by atoms with Crippen molar-refractivity contribution < 1.29 is 5.11 Å². The van der Waals surface area contributed by atoms with E-state index in [0.29, 0.717) is 0 Å². The van der Waals surface area contributed by atoms with Crippen molar-refractivity contribution in [3.05, 3.63) is 30.1 Å². The second-order valence-corrected chi connectivity index (χ2v) is 4.04. The fourth-order valence-corrected chi connectivity index (χ4v) is 2.00. The molecule has 0 aliphatic heterocycles. The van der Waals surface area contributed by atoms with E-state index in [-0.39, 0.29) is 18.6 Å². The molecule has 1 aromatic rings. The van der Waals surface area contributed by atoms with Crippen LogP contribution in [0.1, 0.15) is 24.9 Å². The van der Waals surface area contributed by atoms with Gasteiger partial charge < -0.3 is 10.0 Å². The standard InChI is InChI=1S/C12H20N2O/c1-4-10(9-15)12(14(2)3)11-5-7-13-8-6-11/h5-8,10,12,15H,4,9H2,1-3H3. The third-order valence-corrected chi connectivity index (χ3v) is 2.81. The molecule has 0 saturated carbocycles. The van der Waals surface area contributed by atoms with Crippen molar-refractivity contribution in [3.8, 4) is 0 Å². The van der Waals surface area contributed by atoms with Crippen LogP contribution in [0.3, 0.4) is 0 Å². The molecule has 0 aliphatic rings. The number of aliphatic hydroxyl groups excluding tert-OH is 1. The third kappa shape index (κ3) is 3.01. The maximum absolute atomic E-state index is 9.36. The van der Waals surface area contributed by atoms with Gasteiger partial charge in [-0.15, -0.1) is 0 Å². The van der Waals surface area contributed by atoms with Crippen molar-refractivity contribution in [2.45, 2.75) is 19.4 Å². The van der Waals surface area contributed by atoms with Crippen molar-refractivity contribution in [2.75, 3.05) is 20.7 Å². The summed E-state index contributed by atoms with van der Waals surface area (Å²) < 4.78 is 0. The normalized spacial score (nSPS) is 15.3. The van der Waals surface area contributed by atoms with Gasteiger partial charge in [-0.3, -0.25) is 4.98 Å². The Kier molecular flexibility index (Phi) is 4.72. The van der Waals surface area contributed by atoms with Gasteiger partial charge >= 0.3 is 0 Å². The summed E-state index contributed by atoms with van der Waals surface area (Å²) in [6.45, 7) is 2.33. The Morgan fingerprint density at radius 3 is 2.33 bits per heavy atom. The Labute approximate surface area is 91.8 Å². The first-order valence-electron chi connectivity index (χ1n) is 5.37. The van der Waals surface area contributed by atoms with E-state index in [0.717, 1.165) is 6.42 Å². The number of rotatable bonds is 5. The smallest absolute Gasteiger partial charge is 0.0477 e. The van der Waals surface area contributed by atoms with Crippen molar-refractivity contribution in [3.63, 3.8) is 0 Å². The molecule has 0 saturated heterocycles. The van der Waals surface area contributed by atoms with Crippen LogP contribution in [-0.2, 0) is 0 Å². The van der Waals surface area contributed by atoms with Crippen LogP contribution in [0.4, 0.5) is 0 Å².